The van der Waals surface area contributed by atoms with Crippen LogP contribution in [0.3, 0.4) is 0 Å². The van der Waals surface area contributed by atoms with Gasteiger partial charge in [-0.15, -0.1) is 0 Å². The average molecular weight is 243 g/mol. The van der Waals surface area contributed by atoms with Crippen molar-refractivity contribution < 1.29 is 9.52 Å². The third kappa shape index (κ3) is 1.58. The Hall–Kier alpha value is -0.540. The van der Waals surface area contributed by atoms with Crippen LogP contribution in [0.2, 0.25) is 0 Å². The van der Waals surface area contributed by atoms with Crippen LogP contribution in [-0.4, -0.2) is 5.11 Å². The minimum Gasteiger partial charge on any atom is -0.465 e. The summed E-state index contributed by atoms with van der Waals surface area (Å²) in [5, 5.41) is 10.2. The van der Waals surface area contributed by atoms with Crippen LogP contribution in [0, 0.1) is 0 Å². The predicted molar refractivity (Wildman–Crippen MR) is 53.3 cm³/mol. The Kier molecular flexibility index (Phi) is 2.30. The van der Waals surface area contributed by atoms with E-state index in [4.69, 9.17) is 4.42 Å². The van der Waals surface area contributed by atoms with Crippen LogP contribution in [0.25, 0.3) is 0 Å². The van der Waals surface area contributed by atoms with E-state index < -0.39 is 5.60 Å². The molecular weight excluding hydrogens is 232 g/mol. The first-order chi connectivity index (χ1) is 6.22. The molecule has 13 heavy (non-hydrogen) atoms. The number of rotatable bonds is 1. The molecule has 1 aliphatic carbocycles. The SMILES string of the molecule is OC1(c2occc2Br)C=CCCC1. The molecule has 0 radical (unpaired) electrons. The first kappa shape index (κ1) is 9.03. The Balaban J connectivity index is 2.38. The van der Waals surface area contributed by atoms with Gasteiger partial charge in [-0.1, -0.05) is 6.08 Å². The minimum absolute atomic E-state index is 0.614. The van der Waals surface area contributed by atoms with Crippen molar-refractivity contribution in [1.82, 2.24) is 0 Å². The predicted octanol–water partition coefficient (Wildman–Crippen LogP) is 2.97. The number of hydrogen-bond acceptors (Lipinski definition) is 2. The summed E-state index contributed by atoms with van der Waals surface area (Å²) in [6.45, 7) is 0. The summed E-state index contributed by atoms with van der Waals surface area (Å²) in [7, 11) is 0. The van der Waals surface area contributed by atoms with E-state index in [1.54, 1.807) is 12.3 Å². The average Bonchev–Trinajstić information content (AvgIpc) is 2.53. The first-order valence-electron chi connectivity index (χ1n) is 4.36. The van der Waals surface area contributed by atoms with Crippen LogP contribution >= 0.6 is 15.9 Å². The van der Waals surface area contributed by atoms with Gasteiger partial charge in [0.05, 0.1) is 10.7 Å². The van der Waals surface area contributed by atoms with Crippen molar-refractivity contribution >= 4 is 15.9 Å². The summed E-state index contributed by atoms with van der Waals surface area (Å²) < 4.78 is 6.09. The molecule has 0 saturated carbocycles. The maximum Gasteiger partial charge on any atom is 0.153 e. The topological polar surface area (TPSA) is 33.4 Å². The lowest BCUT2D eigenvalue weighted by Gasteiger charge is -2.25. The largest absolute Gasteiger partial charge is 0.465 e. The van der Waals surface area contributed by atoms with Crippen molar-refractivity contribution in [3.63, 3.8) is 0 Å². The van der Waals surface area contributed by atoms with Gasteiger partial charge in [-0.25, -0.2) is 0 Å². The highest BCUT2D eigenvalue weighted by atomic mass is 79.9. The summed E-state index contributed by atoms with van der Waals surface area (Å²) in [5.41, 5.74) is -0.902. The highest BCUT2D eigenvalue weighted by Gasteiger charge is 2.32. The van der Waals surface area contributed by atoms with Gasteiger partial charge in [-0.05, 0) is 47.3 Å². The maximum atomic E-state index is 10.2. The molecule has 2 rings (SSSR count). The molecule has 1 heterocycles. The van der Waals surface area contributed by atoms with Crippen LogP contribution in [0.1, 0.15) is 25.0 Å². The molecule has 0 amide bonds. The van der Waals surface area contributed by atoms with Crippen molar-refractivity contribution in [3.05, 3.63) is 34.7 Å². The smallest absolute Gasteiger partial charge is 0.153 e. The lowest BCUT2D eigenvalue weighted by atomic mass is 9.89. The Bertz CT molecular complexity index is 329. The zero-order valence-corrected chi connectivity index (χ0v) is 8.75. The summed E-state index contributed by atoms with van der Waals surface area (Å²) in [5.74, 6) is 0.614. The van der Waals surface area contributed by atoms with E-state index >= 15 is 0 Å². The molecule has 1 atom stereocenters. The van der Waals surface area contributed by atoms with E-state index in [0.29, 0.717) is 5.76 Å². The van der Waals surface area contributed by atoms with Crippen molar-refractivity contribution in [1.29, 1.82) is 0 Å². The summed E-state index contributed by atoms with van der Waals surface area (Å²) >= 11 is 3.35. The van der Waals surface area contributed by atoms with Crippen LogP contribution in [0.5, 0.6) is 0 Å². The molecule has 0 fully saturated rings. The van der Waals surface area contributed by atoms with Gasteiger partial charge in [0, 0.05) is 0 Å². The molecule has 0 saturated heterocycles. The third-order valence-corrected chi connectivity index (χ3v) is 2.96. The Morgan fingerprint density at radius 1 is 1.54 bits per heavy atom. The molecular formula is C10H11BrO2. The lowest BCUT2D eigenvalue weighted by molar-refractivity contribution is 0.0485. The second-order valence-corrected chi connectivity index (χ2v) is 4.17. The van der Waals surface area contributed by atoms with Gasteiger partial charge in [0.25, 0.3) is 0 Å². The van der Waals surface area contributed by atoms with Crippen LogP contribution in [0.15, 0.2) is 33.4 Å². The second kappa shape index (κ2) is 3.31. The van der Waals surface area contributed by atoms with E-state index in [0.717, 1.165) is 23.7 Å². The normalized spacial score (nSPS) is 27.8. The molecule has 1 N–H and O–H groups in total. The molecule has 3 heteroatoms. The molecule has 0 aliphatic heterocycles. The van der Waals surface area contributed by atoms with Crippen molar-refractivity contribution in [3.8, 4) is 0 Å². The van der Waals surface area contributed by atoms with Crippen molar-refractivity contribution in [2.75, 3.05) is 0 Å². The standard InChI is InChI=1S/C10H11BrO2/c11-8-4-7-13-9(8)10(12)5-2-1-3-6-10/h2,4-5,7,12H,1,3,6H2. The molecule has 2 nitrogen and oxygen atoms in total. The third-order valence-electron chi connectivity index (χ3n) is 2.33. The minimum atomic E-state index is -0.902. The monoisotopic (exact) mass is 242 g/mol. The number of halogens is 1. The molecule has 0 aromatic carbocycles. The fraction of sp³-hybridized carbons (Fsp3) is 0.400. The molecule has 1 unspecified atom stereocenters. The van der Waals surface area contributed by atoms with Crippen LogP contribution in [0.4, 0.5) is 0 Å². The Morgan fingerprint density at radius 2 is 2.38 bits per heavy atom. The molecule has 0 spiro atoms. The molecule has 1 aliphatic rings. The Morgan fingerprint density at radius 3 is 2.92 bits per heavy atom. The van der Waals surface area contributed by atoms with Crippen molar-refractivity contribution in [2.24, 2.45) is 0 Å². The quantitative estimate of drug-likeness (QED) is 0.769. The number of hydrogen-bond donors (Lipinski definition) is 1. The summed E-state index contributed by atoms with van der Waals surface area (Å²) in [4.78, 5) is 0. The van der Waals surface area contributed by atoms with Gasteiger partial charge in [-0.2, -0.15) is 0 Å². The lowest BCUT2D eigenvalue weighted by Crippen LogP contribution is -2.24. The maximum absolute atomic E-state index is 10.2. The Labute approximate surface area is 85.4 Å². The number of allylic oxidation sites excluding steroid dienone is 1. The van der Waals surface area contributed by atoms with E-state index in [9.17, 15) is 5.11 Å². The number of furan rings is 1. The number of aliphatic hydroxyl groups is 1. The molecule has 70 valence electrons. The van der Waals surface area contributed by atoms with Gasteiger partial charge in [-0.3, -0.25) is 0 Å². The van der Waals surface area contributed by atoms with E-state index in [-0.39, 0.29) is 0 Å². The van der Waals surface area contributed by atoms with Gasteiger partial charge in [0.2, 0.25) is 0 Å². The van der Waals surface area contributed by atoms with E-state index in [1.807, 2.05) is 12.2 Å². The zero-order chi connectivity index (χ0) is 9.31. The fourth-order valence-corrected chi connectivity index (χ4v) is 2.19. The second-order valence-electron chi connectivity index (χ2n) is 3.32. The fourth-order valence-electron chi connectivity index (χ4n) is 1.64. The summed E-state index contributed by atoms with van der Waals surface area (Å²) in [6, 6.07) is 1.80. The van der Waals surface area contributed by atoms with Gasteiger partial charge in [0.15, 0.2) is 5.76 Å². The molecule has 1 aromatic heterocycles. The van der Waals surface area contributed by atoms with Crippen LogP contribution in [-0.2, 0) is 5.60 Å². The van der Waals surface area contributed by atoms with Gasteiger partial charge in [0.1, 0.15) is 5.60 Å². The highest BCUT2D eigenvalue weighted by molar-refractivity contribution is 9.10. The zero-order valence-electron chi connectivity index (χ0n) is 7.16. The molecule has 0 bridgehead atoms. The molecule has 1 aromatic rings. The van der Waals surface area contributed by atoms with Gasteiger partial charge < -0.3 is 9.52 Å². The first-order valence-corrected chi connectivity index (χ1v) is 5.15. The van der Waals surface area contributed by atoms with Gasteiger partial charge >= 0.3 is 0 Å². The van der Waals surface area contributed by atoms with E-state index in [1.165, 1.54) is 0 Å². The van der Waals surface area contributed by atoms with E-state index in [2.05, 4.69) is 15.9 Å². The summed E-state index contributed by atoms with van der Waals surface area (Å²) in [6.07, 6.45) is 8.18. The van der Waals surface area contributed by atoms with Crippen LogP contribution < -0.4 is 0 Å². The van der Waals surface area contributed by atoms with Crippen molar-refractivity contribution in [2.45, 2.75) is 24.9 Å². The highest BCUT2D eigenvalue weighted by Crippen LogP contribution is 2.36.